The van der Waals surface area contributed by atoms with Gasteiger partial charge in [0.1, 0.15) is 0 Å². The van der Waals surface area contributed by atoms with Gasteiger partial charge in [-0.05, 0) is 64.8 Å². The van der Waals surface area contributed by atoms with Gasteiger partial charge in [-0.15, -0.1) is 0 Å². The maximum Gasteiger partial charge on any atom is 0.0825 e. The molecular weight excluding hydrogens is 248 g/mol. The molecule has 0 saturated carbocycles. The Hall–Kier alpha value is -0.900. The molecule has 0 radical (unpaired) electrons. The molecule has 3 nitrogen and oxygen atoms in total. The normalized spacial score (nSPS) is 22.1. The summed E-state index contributed by atoms with van der Waals surface area (Å²) in [5.41, 5.74) is 1.96. The van der Waals surface area contributed by atoms with Gasteiger partial charge in [0.25, 0.3) is 0 Å². The van der Waals surface area contributed by atoms with Gasteiger partial charge in [-0.25, -0.2) is 0 Å². The highest BCUT2D eigenvalue weighted by atomic mass is 16.3. The van der Waals surface area contributed by atoms with Gasteiger partial charge in [-0.2, -0.15) is 0 Å². The molecule has 0 aliphatic carbocycles. The minimum atomic E-state index is -0.741. The summed E-state index contributed by atoms with van der Waals surface area (Å²) in [6.45, 7) is 10.1. The van der Waals surface area contributed by atoms with E-state index in [0.29, 0.717) is 0 Å². The van der Waals surface area contributed by atoms with Crippen molar-refractivity contribution in [1.82, 2.24) is 10.6 Å². The Labute approximate surface area is 122 Å². The van der Waals surface area contributed by atoms with Gasteiger partial charge in [0, 0.05) is 5.54 Å². The first-order chi connectivity index (χ1) is 9.30. The number of nitrogens with one attached hydrogen (secondary N) is 2. The molecular formula is C17H28N2O. The predicted molar refractivity (Wildman–Crippen MR) is 83.9 cm³/mol. The van der Waals surface area contributed by atoms with E-state index < -0.39 is 5.60 Å². The van der Waals surface area contributed by atoms with Gasteiger partial charge in [0.15, 0.2) is 0 Å². The summed E-state index contributed by atoms with van der Waals surface area (Å²) in [5, 5.41) is 17.8. The van der Waals surface area contributed by atoms with Crippen molar-refractivity contribution in [3.05, 3.63) is 35.4 Å². The Balaban J connectivity index is 2.06. The summed E-state index contributed by atoms with van der Waals surface area (Å²) in [4.78, 5) is 0. The van der Waals surface area contributed by atoms with Crippen LogP contribution < -0.4 is 10.6 Å². The van der Waals surface area contributed by atoms with Crippen molar-refractivity contribution >= 4 is 0 Å². The van der Waals surface area contributed by atoms with Crippen LogP contribution in [0.5, 0.6) is 0 Å². The van der Waals surface area contributed by atoms with Crippen molar-refractivity contribution in [1.29, 1.82) is 0 Å². The summed E-state index contributed by atoms with van der Waals surface area (Å²) < 4.78 is 0. The van der Waals surface area contributed by atoms with Crippen LogP contribution in [0, 0.1) is 0 Å². The number of hydrogen-bond donors (Lipinski definition) is 3. The third kappa shape index (κ3) is 3.81. The lowest BCUT2D eigenvalue weighted by molar-refractivity contribution is 0.00741. The molecule has 1 heterocycles. The van der Waals surface area contributed by atoms with E-state index in [1.54, 1.807) is 0 Å². The fourth-order valence-corrected chi connectivity index (χ4v) is 2.89. The Bertz CT molecular complexity index is 449. The topological polar surface area (TPSA) is 44.3 Å². The van der Waals surface area contributed by atoms with Crippen LogP contribution in [0.4, 0.5) is 0 Å². The maximum absolute atomic E-state index is 10.9. The molecule has 0 bridgehead atoms. The summed E-state index contributed by atoms with van der Waals surface area (Å²) in [6, 6.07) is 8.47. The maximum atomic E-state index is 10.9. The summed E-state index contributed by atoms with van der Waals surface area (Å²) in [5.74, 6) is 0. The van der Waals surface area contributed by atoms with Gasteiger partial charge in [0.05, 0.1) is 11.6 Å². The van der Waals surface area contributed by atoms with Crippen molar-refractivity contribution in [2.45, 2.75) is 57.7 Å². The molecule has 0 spiro atoms. The fraction of sp³-hybridized carbons (Fsp3) is 0.647. The van der Waals surface area contributed by atoms with Crippen molar-refractivity contribution in [2.24, 2.45) is 0 Å². The molecule has 1 aliphatic heterocycles. The molecule has 2 rings (SSSR count). The third-order valence-electron chi connectivity index (χ3n) is 4.02. The smallest absolute Gasteiger partial charge is 0.0825 e. The number of hydrogen-bond acceptors (Lipinski definition) is 3. The summed E-state index contributed by atoms with van der Waals surface area (Å²) in [7, 11) is 0. The van der Waals surface area contributed by atoms with E-state index in [9.17, 15) is 5.11 Å². The number of benzene rings is 1. The minimum absolute atomic E-state index is 0.0224. The molecule has 1 aromatic rings. The van der Waals surface area contributed by atoms with Crippen molar-refractivity contribution in [2.75, 3.05) is 13.1 Å². The van der Waals surface area contributed by atoms with Crippen LogP contribution in [-0.2, 0) is 6.42 Å². The highest BCUT2D eigenvalue weighted by Gasteiger charge is 2.35. The van der Waals surface area contributed by atoms with Crippen molar-refractivity contribution < 1.29 is 5.11 Å². The van der Waals surface area contributed by atoms with Crippen LogP contribution in [-0.4, -0.2) is 29.3 Å². The van der Waals surface area contributed by atoms with Crippen molar-refractivity contribution in [3.63, 3.8) is 0 Å². The monoisotopic (exact) mass is 276 g/mol. The van der Waals surface area contributed by atoms with E-state index in [4.69, 9.17) is 0 Å². The molecule has 2 atom stereocenters. The molecule has 0 saturated heterocycles. The van der Waals surface area contributed by atoms with Crippen LogP contribution in [0.1, 0.15) is 51.3 Å². The molecule has 1 aliphatic rings. The second-order valence-corrected chi connectivity index (χ2v) is 7.12. The fourth-order valence-electron chi connectivity index (χ4n) is 2.89. The number of rotatable bonds is 4. The zero-order chi connectivity index (χ0) is 14.8. The molecule has 112 valence electrons. The van der Waals surface area contributed by atoms with E-state index in [-0.39, 0.29) is 11.6 Å². The quantitative estimate of drug-likeness (QED) is 0.791. The van der Waals surface area contributed by atoms with Gasteiger partial charge in [-0.1, -0.05) is 24.3 Å². The lowest BCUT2D eigenvalue weighted by atomic mass is 9.82. The Kier molecular flexibility index (Phi) is 4.52. The van der Waals surface area contributed by atoms with E-state index in [2.05, 4.69) is 55.7 Å². The molecule has 0 aromatic heterocycles. The van der Waals surface area contributed by atoms with Gasteiger partial charge in [0.2, 0.25) is 0 Å². The van der Waals surface area contributed by atoms with Gasteiger partial charge < -0.3 is 15.7 Å². The highest BCUT2D eigenvalue weighted by Crippen LogP contribution is 2.33. The molecule has 1 aromatic carbocycles. The average Bonchev–Trinajstić information content (AvgIpc) is 2.36. The summed E-state index contributed by atoms with van der Waals surface area (Å²) in [6.07, 6.45) is 1.78. The van der Waals surface area contributed by atoms with E-state index in [1.165, 1.54) is 11.1 Å². The lowest BCUT2D eigenvalue weighted by Crippen LogP contribution is -2.48. The van der Waals surface area contributed by atoms with Crippen LogP contribution in [0.3, 0.4) is 0 Å². The first-order valence-corrected chi connectivity index (χ1v) is 7.58. The van der Waals surface area contributed by atoms with E-state index in [0.717, 1.165) is 25.9 Å². The van der Waals surface area contributed by atoms with Crippen LogP contribution >= 0.6 is 0 Å². The molecule has 2 unspecified atom stereocenters. The molecule has 20 heavy (non-hydrogen) atoms. The second kappa shape index (κ2) is 5.84. The number of aliphatic hydroxyl groups is 1. The average molecular weight is 276 g/mol. The number of fused-ring (bicyclic) bond motifs is 1. The standard InChI is InChI=1S/C17H28N2O/c1-16(2,3)19-12-10-17(4,20)15-14-8-6-5-7-13(14)9-11-18-15/h5-8,15,18-20H,9-12H2,1-4H3. The Morgan fingerprint density at radius 3 is 2.65 bits per heavy atom. The largest absolute Gasteiger partial charge is 0.388 e. The second-order valence-electron chi connectivity index (χ2n) is 7.12. The first kappa shape index (κ1) is 15.5. The SMILES string of the molecule is CC(C)(C)NCCC(C)(O)C1NCCc2ccccc21. The molecule has 0 amide bonds. The Morgan fingerprint density at radius 1 is 1.25 bits per heavy atom. The minimum Gasteiger partial charge on any atom is -0.388 e. The zero-order valence-electron chi connectivity index (χ0n) is 13.2. The van der Waals surface area contributed by atoms with E-state index in [1.807, 2.05) is 6.92 Å². The molecule has 3 heteroatoms. The van der Waals surface area contributed by atoms with Crippen LogP contribution in [0.25, 0.3) is 0 Å². The lowest BCUT2D eigenvalue weighted by Gasteiger charge is -2.38. The van der Waals surface area contributed by atoms with Crippen LogP contribution in [0.2, 0.25) is 0 Å². The van der Waals surface area contributed by atoms with Crippen LogP contribution in [0.15, 0.2) is 24.3 Å². The summed E-state index contributed by atoms with van der Waals surface area (Å²) >= 11 is 0. The molecule has 0 fully saturated rings. The van der Waals surface area contributed by atoms with Gasteiger partial charge in [-0.3, -0.25) is 0 Å². The van der Waals surface area contributed by atoms with Crippen molar-refractivity contribution in [3.8, 4) is 0 Å². The third-order valence-corrected chi connectivity index (χ3v) is 4.02. The van der Waals surface area contributed by atoms with E-state index >= 15 is 0 Å². The van der Waals surface area contributed by atoms with Gasteiger partial charge >= 0.3 is 0 Å². The zero-order valence-corrected chi connectivity index (χ0v) is 13.2. The highest BCUT2D eigenvalue weighted by molar-refractivity contribution is 5.34. The Morgan fingerprint density at radius 2 is 1.95 bits per heavy atom. The molecule has 3 N–H and O–H groups in total. The first-order valence-electron chi connectivity index (χ1n) is 7.58. The predicted octanol–water partition coefficient (Wildman–Crippen LogP) is 2.40.